The number of carbonyl (C=O) groups excluding carboxylic acids is 1. The van der Waals surface area contributed by atoms with E-state index in [9.17, 15) is 13.6 Å². The zero-order valence-corrected chi connectivity index (χ0v) is 9.35. The normalized spacial score (nSPS) is 10.2. The summed E-state index contributed by atoms with van der Waals surface area (Å²) in [6.45, 7) is 0. The van der Waals surface area contributed by atoms with Crippen LogP contribution in [0, 0.1) is 11.6 Å². The van der Waals surface area contributed by atoms with Crippen molar-refractivity contribution in [2.24, 2.45) is 0 Å². The molecule has 1 heterocycles. The van der Waals surface area contributed by atoms with E-state index in [1.165, 1.54) is 19.4 Å². The van der Waals surface area contributed by atoms with Gasteiger partial charge in [0.25, 0.3) is 0 Å². The first-order valence-corrected chi connectivity index (χ1v) is 4.98. The van der Waals surface area contributed by atoms with Gasteiger partial charge in [0.05, 0.1) is 7.11 Å². The summed E-state index contributed by atoms with van der Waals surface area (Å²) in [6.07, 6.45) is 1.32. The number of esters is 1. The Bertz CT molecular complexity index is 582. The molecule has 0 atom stereocenters. The Labute approximate surface area is 101 Å². The van der Waals surface area contributed by atoms with E-state index in [0.29, 0.717) is 0 Å². The second kappa shape index (κ2) is 4.87. The lowest BCUT2D eigenvalue weighted by molar-refractivity contribution is 0.0594. The predicted octanol–water partition coefficient (Wildman–Crippen LogP) is 2.21. The number of nitrogens with zero attached hydrogens (tertiary/aromatic N) is 2. The Kier molecular flexibility index (Phi) is 3.27. The van der Waals surface area contributed by atoms with Crippen LogP contribution in [-0.2, 0) is 4.74 Å². The van der Waals surface area contributed by atoms with Crippen LogP contribution in [0.1, 0.15) is 10.5 Å². The predicted molar refractivity (Wildman–Crippen MR) is 58.7 cm³/mol. The third-order valence-electron chi connectivity index (χ3n) is 2.17. The maximum atomic E-state index is 13.1. The van der Waals surface area contributed by atoms with Crippen LogP contribution < -0.4 is 0 Å². The van der Waals surface area contributed by atoms with Gasteiger partial charge in [0.1, 0.15) is 11.6 Å². The van der Waals surface area contributed by atoms with Crippen LogP contribution in [0.15, 0.2) is 30.5 Å². The van der Waals surface area contributed by atoms with Crippen molar-refractivity contribution in [1.82, 2.24) is 9.97 Å². The average molecular weight is 250 g/mol. The van der Waals surface area contributed by atoms with Crippen LogP contribution in [0.3, 0.4) is 0 Å². The molecule has 6 heteroatoms. The van der Waals surface area contributed by atoms with Crippen molar-refractivity contribution in [3.05, 3.63) is 47.8 Å². The molecule has 0 aliphatic heterocycles. The number of rotatable bonds is 2. The maximum absolute atomic E-state index is 13.1. The minimum absolute atomic E-state index is 0.0205. The van der Waals surface area contributed by atoms with Gasteiger partial charge in [-0.15, -0.1) is 0 Å². The summed E-state index contributed by atoms with van der Waals surface area (Å²) < 4.78 is 30.6. The topological polar surface area (TPSA) is 52.1 Å². The van der Waals surface area contributed by atoms with Crippen LogP contribution in [0.25, 0.3) is 11.4 Å². The van der Waals surface area contributed by atoms with Crippen LogP contribution in [0.5, 0.6) is 0 Å². The molecular formula is C12H8F2N2O2. The first-order chi connectivity index (χ1) is 8.60. The van der Waals surface area contributed by atoms with Crippen molar-refractivity contribution in [3.8, 4) is 11.4 Å². The van der Waals surface area contributed by atoms with Gasteiger partial charge in [-0.05, 0) is 18.2 Å². The van der Waals surface area contributed by atoms with Gasteiger partial charge in [0.15, 0.2) is 11.5 Å². The van der Waals surface area contributed by atoms with Crippen molar-refractivity contribution < 1.29 is 18.3 Å². The van der Waals surface area contributed by atoms with E-state index in [4.69, 9.17) is 0 Å². The SMILES string of the molecule is COC(=O)c1ccnc(-c2cc(F)cc(F)c2)n1. The van der Waals surface area contributed by atoms with Crippen molar-refractivity contribution in [2.75, 3.05) is 7.11 Å². The summed E-state index contributed by atoms with van der Waals surface area (Å²) in [7, 11) is 1.21. The first-order valence-electron chi connectivity index (χ1n) is 4.98. The average Bonchev–Trinajstić information content (AvgIpc) is 2.37. The highest BCUT2D eigenvalue weighted by Crippen LogP contribution is 2.18. The van der Waals surface area contributed by atoms with Crippen molar-refractivity contribution in [1.29, 1.82) is 0 Å². The molecule has 1 aromatic carbocycles. The molecule has 0 radical (unpaired) electrons. The second-order valence-corrected chi connectivity index (χ2v) is 3.42. The highest BCUT2D eigenvalue weighted by molar-refractivity contribution is 5.87. The number of hydrogen-bond donors (Lipinski definition) is 0. The molecule has 0 unspecified atom stereocenters. The van der Waals surface area contributed by atoms with Gasteiger partial charge in [-0.25, -0.2) is 23.5 Å². The van der Waals surface area contributed by atoms with E-state index in [2.05, 4.69) is 14.7 Å². The minimum atomic E-state index is -0.739. The molecule has 0 aliphatic rings. The Morgan fingerprint density at radius 1 is 1.22 bits per heavy atom. The van der Waals surface area contributed by atoms with Gasteiger partial charge >= 0.3 is 5.97 Å². The third-order valence-corrected chi connectivity index (χ3v) is 2.17. The first kappa shape index (κ1) is 12.1. The summed E-state index contributed by atoms with van der Waals surface area (Å²) in [4.78, 5) is 19.0. The molecule has 0 saturated carbocycles. The molecule has 0 fully saturated rings. The number of aromatic nitrogens is 2. The molecule has 2 aromatic rings. The number of methoxy groups -OCH3 is 1. The zero-order valence-electron chi connectivity index (χ0n) is 9.35. The highest BCUT2D eigenvalue weighted by atomic mass is 19.1. The summed E-state index contributed by atoms with van der Waals surface area (Å²) >= 11 is 0. The summed E-state index contributed by atoms with van der Waals surface area (Å²) in [6, 6.07) is 4.26. The Morgan fingerprint density at radius 2 is 1.89 bits per heavy atom. The molecule has 2 rings (SSSR count). The van der Waals surface area contributed by atoms with Gasteiger partial charge in [0.2, 0.25) is 0 Å². The summed E-state index contributed by atoms with van der Waals surface area (Å²) in [5.41, 5.74) is 0.172. The van der Waals surface area contributed by atoms with Gasteiger partial charge in [-0.2, -0.15) is 0 Å². The van der Waals surface area contributed by atoms with E-state index < -0.39 is 17.6 Å². The molecule has 0 amide bonds. The largest absolute Gasteiger partial charge is 0.464 e. The van der Waals surface area contributed by atoms with Gasteiger partial charge in [0, 0.05) is 17.8 Å². The lowest BCUT2D eigenvalue weighted by atomic mass is 10.2. The molecule has 0 saturated heterocycles. The number of benzene rings is 1. The summed E-state index contributed by atoms with van der Waals surface area (Å²) in [5.74, 6) is -2.07. The fourth-order valence-electron chi connectivity index (χ4n) is 1.40. The molecule has 0 N–H and O–H groups in total. The van der Waals surface area contributed by atoms with Gasteiger partial charge in [-0.3, -0.25) is 0 Å². The van der Waals surface area contributed by atoms with Crippen LogP contribution >= 0.6 is 0 Å². The van der Waals surface area contributed by atoms with E-state index in [-0.39, 0.29) is 17.1 Å². The van der Waals surface area contributed by atoms with Crippen LogP contribution in [0.4, 0.5) is 8.78 Å². The summed E-state index contributed by atoms with van der Waals surface area (Å²) in [5, 5.41) is 0. The number of ether oxygens (including phenoxy) is 1. The highest BCUT2D eigenvalue weighted by Gasteiger charge is 2.11. The molecule has 1 aromatic heterocycles. The zero-order chi connectivity index (χ0) is 13.1. The lowest BCUT2D eigenvalue weighted by Gasteiger charge is -2.03. The lowest BCUT2D eigenvalue weighted by Crippen LogP contribution is -2.05. The quantitative estimate of drug-likeness (QED) is 0.767. The monoisotopic (exact) mass is 250 g/mol. The second-order valence-electron chi connectivity index (χ2n) is 3.42. The Morgan fingerprint density at radius 3 is 2.50 bits per heavy atom. The van der Waals surface area contributed by atoms with E-state index in [1.54, 1.807) is 0 Å². The Hall–Kier alpha value is -2.37. The Balaban J connectivity index is 2.47. The maximum Gasteiger partial charge on any atom is 0.356 e. The van der Waals surface area contributed by atoms with E-state index >= 15 is 0 Å². The van der Waals surface area contributed by atoms with E-state index in [0.717, 1.165) is 18.2 Å². The number of carbonyl (C=O) groups is 1. The fourth-order valence-corrected chi connectivity index (χ4v) is 1.40. The third kappa shape index (κ3) is 2.48. The molecule has 4 nitrogen and oxygen atoms in total. The molecule has 18 heavy (non-hydrogen) atoms. The van der Waals surface area contributed by atoms with Gasteiger partial charge in [-0.1, -0.05) is 0 Å². The van der Waals surface area contributed by atoms with Crippen LogP contribution in [-0.4, -0.2) is 23.0 Å². The molecular weight excluding hydrogens is 242 g/mol. The molecule has 0 aliphatic carbocycles. The van der Waals surface area contributed by atoms with Gasteiger partial charge < -0.3 is 4.74 Å². The van der Waals surface area contributed by atoms with Crippen molar-refractivity contribution in [2.45, 2.75) is 0 Å². The molecule has 0 spiro atoms. The van der Waals surface area contributed by atoms with Crippen molar-refractivity contribution in [3.63, 3.8) is 0 Å². The molecule has 92 valence electrons. The standard InChI is InChI=1S/C12H8F2N2O2/c1-18-12(17)10-2-3-15-11(16-10)7-4-8(13)6-9(14)5-7/h2-6H,1H3. The molecule has 0 bridgehead atoms. The van der Waals surface area contributed by atoms with Crippen molar-refractivity contribution >= 4 is 5.97 Å². The number of hydrogen-bond acceptors (Lipinski definition) is 4. The smallest absolute Gasteiger partial charge is 0.356 e. The van der Waals surface area contributed by atoms with Crippen LogP contribution in [0.2, 0.25) is 0 Å². The number of halogens is 2. The fraction of sp³-hybridized carbons (Fsp3) is 0.0833. The van der Waals surface area contributed by atoms with E-state index in [1.807, 2.05) is 0 Å². The minimum Gasteiger partial charge on any atom is -0.464 e.